The SMILES string of the molecule is COc1cc(C=CC(=O)C(C)(C)P(=O)(OC)OC)cc(O)c1OC. The Hall–Kier alpha value is -1.82. The summed E-state index contributed by atoms with van der Waals surface area (Å²) in [7, 11) is 1.72. The fourth-order valence-electron chi connectivity index (χ4n) is 2.10. The average Bonchev–Trinajstić information content (AvgIpc) is 2.57. The zero-order chi connectivity index (χ0) is 18.5. The first-order valence-electron chi connectivity index (χ1n) is 7.06. The summed E-state index contributed by atoms with van der Waals surface area (Å²) in [6.45, 7) is 2.97. The van der Waals surface area contributed by atoms with E-state index in [1.54, 1.807) is 6.07 Å². The van der Waals surface area contributed by atoms with E-state index in [4.69, 9.17) is 18.5 Å². The molecule has 0 radical (unpaired) electrons. The molecule has 0 heterocycles. The van der Waals surface area contributed by atoms with Gasteiger partial charge in [0.2, 0.25) is 5.75 Å². The summed E-state index contributed by atoms with van der Waals surface area (Å²) >= 11 is 0. The third-order valence-electron chi connectivity index (χ3n) is 3.68. The van der Waals surface area contributed by atoms with Crippen LogP contribution in [0.3, 0.4) is 0 Å². The molecule has 1 aromatic carbocycles. The first kappa shape index (κ1) is 20.2. The largest absolute Gasteiger partial charge is 0.504 e. The number of hydrogen-bond donors (Lipinski definition) is 1. The van der Waals surface area contributed by atoms with Crippen LogP contribution < -0.4 is 9.47 Å². The molecule has 0 bridgehead atoms. The molecule has 0 spiro atoms. The molecule has 7 nitrogen and oxygen atoms in total. The smallest absolute Gasteiger partial charge is 0.343 e. The second-order valence-corrected chi connectivity index (χ2v) is 8.24. The highest BCUT2D eigenvalue weighted by Gasteiger charge is 2.46. The minimum atomic E-state index is -3.59. The number of phenols is 1. The number of carbonyl (C=O) groups excluding carboxylic acids is 1. The maximum absolute atomic E-state index is 12.5. The van der Waals surface area contributed by atoms with E-state index in [9.17, 15) is 14.5 Å². The van der Waals surface area contributed by atoms with E-state index in [1.807, 2.05) is 0 Å². The van der Waals surface area contributed by atoms with Gasteiger partial charge < -0.3 is 23.6 Å². The third-order valence-corrected chi connectivity index (χ3v) is 6.23. The summed E-state index contributed by atoms with van der Waals surface area (Å²) < 4.78 is 32.5. The van der Waals surface area contributed by atoms with Gasteiger partial charge in [-0.25, -0.2) is 0 Å². The van der Waals surface area contributed by atoms with Gasteiger partial charge in [0.05, 0.1) is 14.2 Å². The standard InChI is InChI=1S/C16H23O7P/c1-16(2,24(19,22-5)23-6)14(18)8-7-11-9-12(17)15(21-4)13(10-11)20-3/h7-10,17H,1-6H3. The molecule has 0 atom stereocenters. The lowest BCUT2D eigenvalue weighted by molar-refractivity contribution is -0.116. The molecule has 8 heteroatoms. The molecule has 0 amide bonds. The highest BCUT2D eigenvalue weighted by atomic mass is 31.2. The minimum Gasteiger partial charge on any atom is -0.504 e. The Balaban J connectivity index is 3.15. The molecular weight excluding hydrogens is 335 g/mol. The molecule has 0 saturated carbocycles. The molecule has 1 N–H and O–H groups in total. The summed E-state index contributed by atoms with van der Waals surface area (Å²) in [5.41, 5.74) is 0.513. The fraction of sp³-hybridized carbons (Fsp3) is 0.438. The van der Waals surface area contributed by atoms with Gasteiger partial charge in [-0.3, -0.25) is 9.36 Å². The number of ether oxygens (including phenoxy) is 2. The van der Waals surface area contributed by atoms with Gasteiger partial charge in [-0.05, 0) is 37.6 Å². The zero-order valence-corrected chi connectivity index (χ0v) is 15.5. The summed E-state index contributed by atoms with van der Waals surface area (Å²) in [5, 5.41) is 8.57. The Morgan fingerprint density at radius 1 is 1.12 bits per heavy atom. The molecule has 0 aliphatic heterocycles. The van der Waals surface area contributed by atoms with Gasteiger partial charge in [-0.15, -0.1) is 0 Å². The second-order valence-electron chi connectivity index (χ2n) is 5.39. The number of rotatable bonds is 8. The van der Waals surface area contributed by atoms with Gasteiger partial charge in [-0.1, -0.05) is 6.08 Å². The lowest BCUT2D eigenvalue weighted by atomic mass is 10.1. The maximum Gasteiger partial charge on any atom is 0.343 e. The van der Waals surface area contributed by atoms with Crippen molar-refractivity contribution >= 4 is 19.5 Å². The quantitative estimate of drug-likeness (QED) is 0.563. The van der Waals surface area contributed by atoms with Crippen LogP contribution in [0.4, 0.5) is 0 Å². The van der Waals surface area contributed by atoms with E-state index in [0.717, 1.165) is 0 Å². The number of aromatic hydroxyl groups is 1. The molecule has 1 rings (SSSR count). The average molecular weight is 358 g/mol. The van der Waals surface area contributed by atoms with Crippen LogP contribution >= 0.6 is 7.60 Å². The lowest BCUT2D eigenvalue weighted by Crippen LogP contribution is -2.31. The highest BCUT2D eigenvalue weighted by Crippen LogP contribution is 2.59. The Morgan fingerprint density at radius 3 is 2.17 bits per heavy atom. The van der Waals surface area contributed by atoms with Crippen molar-refractivity contribution in [3.8, 4) is 17.2 Å². The van der Waals surface area contributed by atoms with Crippen LogP contribution in [-0.2, 0) is 18.4 Å². The predicted octanol–water partition coefficient (Wildman–Crippen LogP) is 3.26. The molecule has 0 unspecified atom stereocenters. The van der Waals surface area contributed by atoms with Gasteiger partial charge in [0.1, 0.15) is 5.16 Å². The van der Waals surface area contributed by atoms with E-state index < -0.39 is 18.5 Å². The van der Waals surface area contributed by atoms with Crippen LogP contribution in [0.15, 0.2) is 18.2 Å². The Bertz CT molecular complexity index is 671. The van der Waals surface area contributed by atoms with Gasteiger partial charge >= 0.3 is 7.60 Å². The van der Waals surface area contributed by atoms with Crippen LogP contribution in [0.2, 0.25) is 0 Å². The molecule has 0 aliphatic rings. The first-order chi connectivity index (χ1) is 11.2. The van der Waals surface area contributed by atoms with Crippen molar-refractivity contribution in [3.05, 3.63) is 23.8 Å². The number of methoxy groups -OCH3 is 2. The Kier molecular flexibility index (Phi) is 6.60. The molecule has 0 fully saturated rings. The summed E-state index contributed by atoms with van der Waals surface area (Å²) in [6.07, 6.45) is 2.73. The molecule has 0 saturated heterocycles. The molecule has 134 valence electrons. The van der Waals surface area contributed by atoms with Crippen molar-refractivity contribution in [2.75, 3.05) is 28.4 Å². The monoisotopic (exact) mass is 358 g/mol. The van der Waals surface area contributed by atoms with Crippen molar-refractivity contribution < 1.29 is 33.0 Å². The van der Waals surface area contributed by atoms with E-state index >= 15 is 0 Å². The van der Waals surface area contributed by atoms with Crippen LogP contribution in [0, 0.1) is 0 Å². The number of ketones is 1. The number of allylic oxidation sites excluding steroid dienone is 1. The summed E-state index contributed by atoms with van der Waals surface area (Å²) in [4.78, 5) is 12.4. The van der Waals surface area contributed by atoms with Crippen LogP contribution in [0.25, 0.3) is 6.08 Å². The van der Waals surface area contributed by atoms with Crippen molar-refractivity contribution in [2.24, 2.45) is 0 Å². The van der Waals surface area contributed by atoms with Crippen LogP contribution in [-0.4, -0.2) is 44.5 Å². The summed E-state index contributed by atoms with van der Waals surface area (Å²) in [5.74, 6) is -0.0423. The third kappa shape index (κ3) is 3.80. The molecule has 24 heavy (non-hydrogen) atoms. The van der Waals surface area contributed by atoms with E-state index in [1.165, 1.54) is 60.5 Å². The van der Waals surface area contributed by atoms with Gasteiger partial charge in [0.25, 0.3) is 0 Å². The Labute approximate surface area is 141 Å². The highest BCUT2D eigenvalue weighted by molar-refractivity contribution is 7.56. The van der Waals surface area contributed by atoms with Gasteiger partial charge in [0, 0.05) is 14.2 Å². The second kappa shape index (κ2) is 7.83. The number of benzene rings is 1. The zero-order valence-electron chi connectivity index (χ0n) is 14.7. The van der Waals surface area contributed by atoms with Crippen molar-refractivity contribution in [1.82, 2.24) is 0 Å². The molecular formula is C16H23O7P. The van der Waals surface area contributed by atoms with Crippen LogP contribution in [0.1, 0.15) is 19.4 Å². The van der Waals surface area contributed by atoms with Gasteiger partial charge in [-0.2, -0.15) is 0 Å². The lowest BCUT2D eigenvalue weighted by Gasteiger charge is -2.28. The Morgan fingerprint density at radius 2 is 1.71 bits per heavy atom. The van der Waals surface area contributed by atoms with Crippen molar-refractivity contribution in [1.29, 1.82) is 0 Å². The maximum atomic E-state index is 12.5. The van der Waals surface area contributed by atoms with E-state index in [-0.39, 0.29) is 11.5 Å². The first-order valence-corrected chi connectivity index (χ1v) is 8.60. The van der Waals surface area contributed by atoms with E-state index in [2.05, 4.69) is 0 Å². The minimum absolute atomic E-state index is 0.123. The summed E-state index contributed by atoms with van der Waals surface area (Å²) in [6, 6.07) is 3.02. The normalized spacial score (nSPS) is 12.4. The molecule has 0 aromatic heterocycles. The molecule has 1 aromatic rings. The van der Waals surface area contributed by atoms with Gasteiger partial charge in [0.15, 0.2) is 17.3 Å². The number of hydrogen-bond acceptors (Lipinski definition) is 7. The topological polar surface area (TPSA) is 91.3 Å². The van der Waals surface area contributed by atoms with Crippen molar-refractivity contribution in [3.63, 3.8) is 0 Å². The molecule has 0 aliphatic carbocycles. The predicted molar refractivity (Wildman–Crippen MR) is 91.0 cm³/mol. The number of phenolic OH excluding ortho intramolecular Hbond substituents is 1. The number of carbonyl (C=O) groups is 1. The van der Waals surface area contributed by atoms with Crippen LogP contribution in [0.5, 0.6) is 17.2 Å². The van der Waals surface area contributed by atoms with E-state index in [0.29, 0.717) is 11.3 Å². The fourth-order valence-corrected chi connectivity index (χ4v) is 3.51. The van der Waals surface area contributed by atoms with Crippen molar-refractivity contribution in [2.45, 2.75) is 19.0 Å².